The molecular weight excluding hydrogens is 290 g/mol. The molecule has 0 radical (unpaired) electrons. The molecule has 1 heterocycles. The molecule has 4 nitrogen and oxygen atoms in total. The Balaban J connectivity index is 2.11. The normalized spacial score (nSPS) is 22.9. The molecule has 0 bridgehead atoms. The summed E-state index contributed by atoms with van der Waals surface area (Å²) < 4.78 is 26.8. The molecule has 20 heavy (non-hydrogen) atoms. The fourth-order valence-electron chi connectivity index (χ4n) is 3.02. The van der Waals surface area contributed by atoms with Crippen LogP contribution in [0.5, 0.6) is 5.75 Å². The van der Waals surface area contributed by atoms with Gasteiger partial charge in [-0.15, -0.1) is 0 Å². The zero-order chi connectivity index (χ0) is 14.5. The number of carbonyl (C=O) groups is 1. The van der Waals surface area contributed by atoms with Crippen molar-refractivity contribution in [1.82, 2.24) is 5.32 Å². The summed E-state index contributed by atoms with van der Waals surface area (Å²) >= 11 is 6.04. The highest BCUT2D eigenvalue weighted by Gasteiger charge is 2.49. The van der Waals surface area contributed by atoms with E-state index in [9.17, 15) is 18.7 Å². The number of nitrogens with one attached hydrogen (secondary N) is 2. The highest BCUT2D eigenvalue weighted by Crippen LogP contribution is 2.51. The first-order valence-corrected chi connectivity index (χ1v) is 6.70. The van der Waals surface area contributed by atoms with Crippen LogP contribution in [0.15, 0.2) is 12.1 Å². The molecule has 108 valence electrons. The van der Waals surface area contributed by atoms with E-state index in [0.717, 1.165) is 0 Å². The van der Waals surface area contributed by atoms with Crippen molar-refractivity contribution in [3.05, 3.63) is 22.7 Å². The molecule has 0 atom stereocenters. The third-order valence-electron chi connectivity index (χ3n) is 4.04. The SMILES string of the molecule is O=C1Nc2c(Cl)ccc(O)c2C2(CCC(F)(F)CC2)N1. The molecular formula is C13H13ClF2N2O2. The zero-order valence-corrected chi connectivity index (χ0v) is 11.2. The van der Waals surface area contributed by atoms with Crippen LogP contribution in [-0.4, -0.2) is 17.1 Å². The highest BCUT2D eigenvalue weighted by molar-refractivity contribution is 6.34. The van der Waals surface area contributed by atoms with Crippen molar-refractivity contribution in [3.63, 3.8) is 0 Å². The summed E-state index contributed by atoms with van der Waals surface area (Å²) in [5.41, 5.74) is -0.269. The maximum Gasteiger partial charge on any atom is 0.319 e. The summed E-state index contributed by atoms with van der Waals surface area (Å²) in [5, 5.41) is 15.6. The van der Waals surface area contributed by atoms with E-state index >= 15 is 0 Å². The van der Waals surface area contributed by atoms with Crippen LogP contribution in [0.3, 0.4) is 0 Å². The number of benzene rings is 1. The van der Waals surface area contributed by atoms with Crippen molar-refractivity contribution in [3.8, 4) is 5.75 Å². The Morgan fingerprint density at radius 2 is 1.85 bits per heavy atom. The monoisotopic (exact) mass is 302 g/mol. The average molecular weight is 303 g/mol. The zero-order valence-electron chi connectivity index (χ0n) is 10.5. The standard InChI is InChI=1S/C13H13ClF2N2O2/c14-7-1-2-8(19)9-10(7)17-11(20)18-12(9)3-5-13(15,16)6-4-12/h1-2,19H,3-6H2,(H2,17,18,20). The predicted molar refractivity (Wildman–Crippen MR) is 70.4 cm³/mol. The quantitative estimate of drug-likeness (QED) is 0.686. The Morgan fingerprint density at radius 3 is 2.50 bits per heavy atom. The van der Waals surface area contributed by atoms with Gasteiger partial charge >= 0.3 is 6.03 Å². The van der Waals surface area contributed by atoms with Crippen LogP contribution in [-0.2, 0) is 5.54 Å². The first kappa shape index (κ1) is 13.4. The van der Waals surface area contributed by atoms with Crippen LogP contribution in [0.2, 0.25) is 5.02 Å². The Bertz CT molecular complexity index is 582. The third-order valence-corrected chi connectivity index (χ3v) is 4.35. The summed E-state index contributed by atoms with van der Waals surface area (Å²) in [4.78, 5) is 11.8. The molecule has 1 fully saturated rings. The Morgan fingerprint density at radius 1 is 1.20 bits per heavy atom. The van der Waals surface area contributed by atoms with E-state index in [4.69, 9.17) is 11.6 Å². The fraction of sp³-hybridized carbons (Fsp3) is 0.462. The molecule has 1 saturated carbocycles. The van der Waals surface area contributed by atoms with Gasteiger partial charge in [0.25, 0.3) is 0 Å². The number of alkyl halides is 2. The van der Waals surface area contributed by atoms with Gasteiger partial charge in [0.15, 0.2) is 0 Å². The molecule has 1 aliphatic carbocycles. The predicted octanol–water partition coefficient (Wildman–Crippen LogP) is 3.59. The van der Waals surface area contributed by atoms with Crippen molar-refractivity contribution in [2.75, 3.05) is 5.32 Å². The molecule has 0 saturated heterocycles. The van der Waals surface area contributed by atoms with Gasteiger partial charge < -0.3 is 15.7 Å². The minimum atomic E-state index is -2.73. The lowest BCUT2D eigenvalue weighted by Gasteiger charge is -2.44. The summed E-state index contributed by atoms with van der Waals surface area (Å²) in [5.74, 6) is -2.78. The number of phenols is 1. The minimum absolute atomic E-state index is 0.0536. The number of amides is 2. The van der Waals surface area contributed by atoms with Crippen LogP contribution in [0.1, 0.15) is 31.2 Å². The number of anilines is 1. The maximum absolute atomic E-state index is 13.4. The van der Waals surface area contributed by atoms with Gasteiger partial charge in [-0.25, -0.2) is 13.6 Å². The maximum atomic E-state index is 13.4. The van der Waals surface area contributed by atoms with Crippen molar-refractivity contribution < 1.29 is 18.7 Å². The lowest BCUT2D eigenvalue weighted by atomic mass is 9.73. The van der Waals surface area contributed by atoms with Gasteiger partial charge in [-0.05, 0) is 25.0 Å². The van der Waals surface area contributed by atoms with E-state index in [0.29, 0.717) is 11.3 Å². The molecule has 2 aliphatic rings. The third kappa shape index (κ3) is 1.98. The lowest BCUT2D eigenvalue weighted by Crippen LogP contribution is -2.54. The molecule has 3 rings (SSSR count). The van der Waals surface area contributed by atoms with Gasteiger partial charge in [0.2, 0.25) is 5.92 Å². The number of phenolic OH excluding ortho intramolecular Hbond substituents is 1. The van der Waals surface area contributed by atoms with Crippen LogP contribution in [0.4, 0.5) is 19.3 Å². The fourth-order valence-corrected chi connectivity index (χ4v) is 3.22. The molecule has 3 N–H and O–H groups in total. The molecule has 0 aromatic heterocycles. The first-order valence-electron chi connectivity index (χ1n) is 6.32. The van der Waals surface area contributed by atoms with Gasteiger partial charge in [-0.3, -0.25) is 0 Å². The van der Waals surface area contributed by atoms with Gasteiger partial charge in [-0.2, -0.15) is 0 Å². The Hall–Kier alpha value is -1.56. The number of urea groups is 1. The van der Waals surface area contributed by atoms with Crippen LogP contribution in [0.25, 0.3) is 0 Å². The Labute approximate surface area is 119 Å². The second-order valence-electron chi connectivity index (χ2n) is 5.33. The summed E-state index contributed by atoms with van der Waals surface area (Å²) in [6.45, 7) is 0. The number of halogens is 3. The highest BCUT2D eigenvalue weighted by atomic mass is 35.5. The van der Waals surface area contributed by atoms with Crippen LogP contribution < -0.4 is 10.6 Å². The van der Waals surface area contributed by atoms with E-state index in [1.165, 1.54) is 12.1 Å². The molecule has 1 spiro atoms. The van der Waals surface area contributed by atoms with Gasteiger partial charge in [0.1, 0.15) is 5.75 Å². The molecule has 7 heteroatoms. The summed E-state index contributed by atoms with van der Waals surface area (Å²) in [6.07, 6.45) is -0.542. The van der Waals surface area contributed by atoms with E-state index in [2.05, 4.69) is 10.6 Å². The molecule has 1 aliphatic heterocycles. The number of hydrogen-bond acceptors (Lipinski definition) is 2. The van der Waals surface area contributed by atoms with E-state index in [1.807, 2.05) is 0 Å². The van der Waals surface area contributed by atoms with Crippen LogP contribution >= 0.6 is 11.6 Å². The first-order chi connectivity index (χ1) is 9.33. The number of rotatable bonds is 0. The largest absolute Gasteiger partial charge is 0.507 e. The molecule has 0 unspecified atom stereocenters. The molecule has 1 aromatic carbocycles. The number of carbonyl (C=O) groups excluding carboxylic acids is 1. The van der Waals surface area contributed by atoms with E-state index in [1.54, 1.807) is 0 Å². The summed E-state index contributed by atoms with van der Waals surface area (Å²) in [6, 6.07) is 2.39. The van der Waals surface area contributed by atoms with Crippen LogP contribution in [0, 0.1) is 0 Å². The smallest absolute Gasteiger partial charge is 0.319 e. The van der Waals surface area contributed by atoms with E-state index < -0.39 is 17.5 Å². The number of fused-ring (bicyclic) bond motifs is 2. The molecule has 2 amide bonds. The second-order valence-corrected chi connectivity index (χ2v) is 5.74. The van der Waals surface area contributed by atoms with Crippen molar-refractivity contribution in [1.29, 1.82) is 0 Å². The number of hydrogen-bond donors (Lipinski definition) is 3. The second kappa shape index (κ2) is 4.22. The van der Waals surface area contributed by atoms with Crippen molar-refractivity contribution >= 4 is 23.3 Å². The van der Waals surface area contributed by atoms with Gasteiger partial charge in [-0.1, -0.05) is 11.6 Å². The van der Waals surface area contributed by atoms with Crippen molar-refractivity contribution in [2.24, 2.45) is 0 Å². The van der Waals surface area contributed by atoms with Crippen molar-refractivity contribution in [2.45, 2.75) is 37.1 Å². The lowest BCUT2D eigenvalue weighted by molar-refractivity contribution is -0.0555. The topological polar surface area (TPSA) is 61.4 Å². The average Bonchev–Trinajstić information content (AvgIpc) is 2.38. The number of aromatic hydroxyl groups is 1. The van der Waals surface area contributed by atoms with Gasteiger partial charge in [0.05, 0.1) is 16.2 Å². The molecule has 1 aromatic rings. The Kier molecular flexibility index (Phi) is 2.83. The van der Waals surface area contributed by atoms with E-state index in [-0.39, 0.29) is 36.5 Å². The van der Waals surface area contributed by atoms with Gasteiger partial charge in [0, 0.05) is 18.4 Å². The minimum Gasteiger partial charge on any atom is -0.507 e. The summed E-state index contributed by atoms with van der Waals surface area (Å²) in [7, 11) is 0.